The van der Waals surface area contributed by atoms with Crippen molar-refractivity contribution in [3.05, 3.63) is 35.4 Å². The number of halogens is 2. The van der Waals surface area contributed by atoms with E-state index in [0.29, 0.717) is 5.56 Å². The second-order valence-electron chi connectivity index (χ2n) is 3.41. The molecule has 0 aromatic heterocycles. The van der Waals surface area contributed by atoms with Crippen LogP contribution in [0, 0.1) is 0 Å². The quantitative estimate of drug-likeness (QED) is 0.791. The summed E-state index contributed by atoms with van der Waals surface area (Å²) in [5, 5.41) is 0. The lowest BCUT2D eigenvalue weighted by atomic mass is 10.0. The number of aryl methyl sites for hydroxylation is 1. The van der Waals surface area contributed by atoms with Crippen molar-refractivity contribution in [2.24, 2.45) is 5.73 Å². The Morgan fingerprint density at radius 2 is 1.93 bits per heavy atom. The first-order valence-corrected chi connectivity index (χ1v) is 4.73. The van der Waals surface area contributed by atoms with Gasteiger partial charge in [0.1, 0.15) is 0 Å². The van der Waals surface area contributed by atoms with Crippen molar-refractivity contribution < 1.29 is 8.78 Å². The van der Waals surface area contributed by atoms with E-state index in [1.165, 1.54) is 0 Å². The molecule has 0 saturated carbocycles. The Hall–Kier alpha value is -0.960. The fourth-order valence-corrected chi connectivity index (χ4v) is 1.33. The predicted molar refractivity (Wildman–Crippen MR) is 53.5 cm³/mol. The van der Waals surface area contributed by atoms with Gasteiger partial charge in [0.2, 0.25) is 0 Å². The van der Waals surface area contributed by atoms with Gasteiger partial charge in [-0.05, 0) is 17.5 Å². The molecule has 0 aliphatic rings. The zero-order valence-corrected chi connectivity index (χ0v) is 8.26. The zero-order valence-electron chi connectivity index (χ0n) is 8.26. The summed E-state index contributed by atoms with van der Waals surface area (Å²) in [6.07, 6.45) is 0.597. The second kappa shape index (κ2) is 4.51. The highest BCUT2D eigenvalue weighted by atomic mass is 19.3. The minimum absolute atomic E-state index is 0.267. The summed E-state index contributed by atoms with van der Waals surface area (Å²) in [7, 11) is 0. The van der Waals surface area contributed by atoms with Crippen molar-refractivity contribution in [3.63, 3.8) is 0 Å². The minimum atomic E-state index is -2.79. The molecule has 0 radical (unpaired) electrons. The molecule has 0 fully saturated rings. The van der Waals surface area contributed by atoms with E-state index in [1.54, 1.807) is 12.1 Å². The highest BCUT2D eigenvalue weighted by Crippen LogP contribution is 2.19. The summed E-state index contributed by atoms with van der Waals surface area (Å²) in [5.74, 6) is -2.79. The monoisotopic (exact) mass is 199 g/mol. The Bertz CT molecular complexity index is 297. The molecule has 0 atom stereocenters. The van der Waals surface area contributed by atoms with Gasteiger partial charge in [0.15, 0.2) is 0 Å². The molecule has 1 aromatic rings. The van der Waals surface area contributed by atoms with Gasteiger partial charge in [-0.15, -0.1) is 0 Å². The molecule has 0 bridgehead atoms. The van der Waals surface area contributed by atoms with E-state index in [1.807, 2.05) is 19.1 Å². The third-order valence-corrected chi connectivity index (χ3v) is 2.16. The molecule has 0 amide bonds. The van der Waals surface area contributed by atoms with Crippen LogP contribution in [-0.2, 0) is 12.8 Å². The molecule has 0 aliphatic heterocycles. The van der Waals surface area contributed by atoms with Crippen LogP contribution in [0.1, 0.15) is 18.1 Å². The number of benzene rings is 1. The number of alkyl halides is 2. The lowest BCUT2D eigenvalue weighted by Gasteiger charge is -2.13. The van der Waals surface area contributed by atoms with Gasteiger partial charge in [-0.3, -0.25) is 0 Å². The molecule has 0 spiro atoms. The molecule has 3 heteroatoms. The van der Waals surface area contributed by atoms with E-state index < -0.39 is 12.5 Å². The standard InChI is InChI=1S/C11H15F2N/c1-2-9-4-3-5-10(6-9)7-11(12,13)8-14/h3-6H,2,7-8,14H2,1H3. The molecule has 0 heterocycles. The average molecular weight is 199 g/mol. The fourth-order valence-electron chi connectivity index (χ4n) is 1.33. The number of hydrogen-bond donors (Lipinski definition) is 1. The minimum Gasteiger partial charge on any atom is -0.325 e. The summed E-state index contributed by atoms with van der Waals surface area (Å²) in [6, 6.07) is 7.26. The van der Waals surface area contributed by atoms with Gasteiger partial charge in [-0.2, -0.15) is 0 Å². The van der Waals surface area contributed by atoms with E-state index >= 15 is 0 Å². The van der Waals surface area contributed by atoms with Gasteiger partial charge in [-0.25, -0.2) is 8.78 Å². The summed E-state index contributed by atoms with van der Waals surface area (Å²) in [5.41, 5.74) is 6.71. The maximum absolute atomic E-state index is 12.9. The van der Waals surface area contributed by atoms with E-state index in [-0.39, 0.29) is 6.42 Å². The summed E-state index contributed by atoms with van der Waals surface area (Å²) in [6.45, 7) is 1.41. The smallest absolute Gasteiger partial charge is 0.264 e. The van der Waals surface area contributed by atoms with Crippen LogP contribution in [0.3, 0.4) is 0 Å². The number of nitrogens with two attached hydrogens (primary N) is 1. The van der Waals surface area contributed by atoms with Gasteiger partial charge >= 0.3 is 0 Å². The SMILES string of the molecule is CCc1cccc(CC(F)(F)CN)c1. The van der Waals surface area contributed by atoms with Crippen LogP contribution in [-0.4, -0.2) is 12.5 Å². The Morgan fingerprint density at radius 3 is 2.50 bits per heavy atom. The summed E-state index contributed by atoms with van der Waals surface area (Å²) < 4.78 is 25.9. The first kappa shape index (κ1) is 11.1. The Kier molecular flexibility index (Phi) is 3.58. The van der Waals surface area contributed by atoms with Crippen molar-refractivity contribution in [1.29, 1.82) is 0 Å². The van der Waals surface area contributed by atoms with Crippen LogP contribution in [0.5, 0.6) is 0 Å². The molecule has 1 aromatic carbocycles. The third kappa shape index (κ3) is 3.07. The number of rotatable bonds is 4. The van der Waals surface area contributed by atoms with Gasteiger partial charge in [0.25, 0.3) is 5.92 Å². The van der Waals surface area contributed by atoms with Crippen molar-refractivity contribution in [3.8, 4) is 0 Å². The lowest BCUT2D eigenvalue weighted by Crippen LogP contribution is -2.30. The Morgan fingerprint density at radius 1 is 1.29 bits per heavy atom. The van der Waals surface area contributed by atoms with Crippen molar-refractivity contribution in [2.45, 2.75) is 25.7 Å². The fraction of sp³-hybridized carbons (Fsp3) is 0.455. The molecule has 2 N–H and O–H groups in total. The maximum atomic E-state index is 12.9. The molecule has 1 nitrogen and oxygen atoms in total. The Labute approximate surface area is 82.9 Å². The van der Waals surface area contributed by atoms with Crippen molar-refractivity contribution in [1.82, 2.24) is 0 Å². The molecule has 0 saturated heterocycles. The third-order valence-electron chi connectivity index (χ3n) is 2.16. The summed E-state index contributed by atoms with van der Waals surface area (Å²) in [4.78, 5) is 0. The van der Waals surface area contributed by atoms with Crippen molar-refractivity contribution in [2.75, 3.05) is 6.54 Å². The van der Waals surface area contributed by atoms with Gasteiger partial charge in [-0.1, -0.05) is 31.2 Å². The first-order chi connectivity index (χ1) is 6.57. The molecular weight excluding hydrogens is 184 g/mol. The topological polar surface area (TPSA) is 26.0 Å². The second-order valence-corrected chi connectivity index (χ2v) is 3.41. The lowest BCUT2D eigenvalue weighted by molar-refractivity contribution is 0.0115. The highest BCUT2D eigenvalue weighted by Gasteiger charge is 2.26. The van der Waals surface area contributed by atoms with Crippen LogP contribution >= 0.6 is 0 Å². The summed E-state index contributed by atoms with van der Waals surface area (Å²) >= 11 is 0. The Balaban J connectivity index is 2.76. The number of hydrogen-bond acceptors (Lipinski definition) is 1. The van der Waals surface area contributed by atoms with Gasteiger partial charge in [0.05, 0.1) is 6.54 Å². The maximum Gasteiger partial charge on any atom is 0.264 e. The van der Waals surface area contributed by atoms with Crippen LogP contribution in [0.2, 0.25) is 0 Å². The average Bonchev–Trinajstić information content (AvgIpc) is 2.17. The van der Waals surface area contributed by atoms with Crippen LogP contribution < -0.4 is 5.73 Å². The zero-order chi connectivity index (χ0) is 10.6. The van der Waals surface area contributed by atoms with Crippen molar-refractivity contribution >= 4 is 0 Å². The van der Waals surface area contributed by atoms with Gasteiger partial charge < -0.3 is 5.73 Å². The molecule has 0 unspecified atom stereocenters. The molecular formula is C11H15F2N. The first-order valence-electron chi connectivity index (χ1n) is 4.73. The molecule has 14 heavy (non-hydrogen) atoms. The van der Waals surface area contributed by atoms with E-state index in [2.05, 4.69) is 0 Å². The van der Waals surface area contributed by atoms with E-state index in [0.717, 1.165) is 12.0 Å². The van der Waals surface area contributed by atoms with Crippen LogP contribution in [0.4, 0.5) is 8.78 Å². The van der Waals surface area contributed by atoms with Crippen LogP contribution in [0.15, 0.2) is 24.3 Å². The molecule has 1 rings (SSSR count). The van der Waals surface area contributed by atoms with E-state index in [4.69, 9.17) is 5.73 Å². The van der Waals surface area contributed by atoms with Crippen LogP contribution in [0.25, 0.3) is 0 Å². The van der Waals surface area contributed by atoms with E-state index in [9.17, 15) is 8.78 Å². The molecule has 78 valence electrons. The normalized spacial score (nSPS) is 11.7. The highest BCUT2D eigenvalue weighted by molar-refractivity contribution is 5.24. The predicted octanol–water partition coefficient (Wildman–Crippen LogP) is 2.39. The largest absolute Gasteiger partial charge is 0.325 e. The van der Waals surface area contributed by atoms with Gasteiger partial charge in [0, 0.05) is 6.42 Å². The molecule has 0 aliphatic carbocycles.